The molecule has 25 heavy (non-hydrogen) atoms. The van der Waals surface area contributed by atoms with Crippen LogP contribution in [0.3, 0.4) is 0 Å². The average molecular weight is 368 g/mol. The highest BCUT2D eigenvalue weighted by molar-refractivity contribution is 7.89. The summed E-state index contributed by atoms with van der Waals surface area (Å²) in [5.41, 5.74) is 1.74. The zero-order valence-corrected chi connectivity index (χ0v) is 16.2. The monoisotopic (exact) mass is 367 g/mol. The Morgan fingerprint density at radius 2 is 1.88 bits per heavy atom. The van der Waals surface area contributed by atoms with E-state index in [4.69, 9.17) is 0 Å². The first-order valence-corrected chi connectivity index (χ1v) is 10.5. The van der Waals surface area contributed by atoms with Crippen LogP contribution in [0, 0.1) is 0 Å². The molecule has 140 valence electrons. The van der Waals surface area contributed by atoms with Crippen LogP contribution < -0.4 is 9.62 Å². The summed E-state index contributed by atoms with van der Waals surface area (Å²) < 4.78 is 27.8. The lowest BCUT2D eigenvalue weighted by molar-refractivity contribution is -0.116. The van der Waals surface area contributed by atoms with Crippen LogP contribution in [0.4, 0.5) is 5.69 Å². The summed E-state index contributed by atoms with van der Waals surface area (Å²) in [7, 11) is -3.53. The largest absolute Gasteiger partial charge is 0.312 e. The van der Waals surface area contributed by atoms with E-state index in [1.807, 2.05) is 0 Å². The van der Waals surface area contributed by atoms with Crippen LogP contribution in [0.15, 0.2) is 23.1 Å². The Kier molecular flexibility index (Phi) is 6.98. The van der Waals surface area contributed by atoms with E-state index >= 15 is 0 Å². The average Bonchev–Trinajstić information content (AvgIpc) is 2.98. The number of hydrogen-bond donors (Lipinski definition) is 1. The van der Waals surface area contributed by atoms with Gasteiger partial charge in [-0.3, -0.25) is 4.79 Å². The summed E-state index contributed by atoms with van der Waals surface area (Å²) in [6, 6.07) is 5.01. The smallest absolute Gasteiger partial charge is 0.240 e. The number of amides is 1. The Morgan fingerprint density at radius 3 is 2.48 bits per heavy atom. The molecule has 0 saturated heterocycles. The number of carbonyl (C=O) groups excluding carboxylic acids is 1. The number of fused-ring (bicyclic) bond motifs is 1. The minimum atomic E-state index is -3.53. The number of nitrogens with one attached hydrogen (secondary N) is 1. The van der Waals surface area contributed by atoms with Gasteiger partial charge in [-0.15, -0.1) is 0 Å². The predicted molar refractivity (Wildman–Crippen MR) is 100 cm³/mol. The molecular weight excluding hydrogens is 338 g/mol. The molecule has 1 amide bonds. The van der Waals surface area contributed by atoms with Gasteiger partial charge in [-0.1, -0.05) is 13.8 Å². The van der Waals surface area contributed by atoms with Crippen molar-refractivity contribution in [1.82, 2.24) is 9.62 Å². The van der Waals surface area contributed by atoms with Crippen LogP contribution in [0.25, 0.3) is 0 Å². The van der Waals surface area contributed by atoms with Crippen molar-refractivity contribution in [3.05, 3.63) is 23.8 Å². The van der Waals surface area contributed by atoms with Crippen molar-refractivity contribution < 1.29 is 13.2 Å². The molecule has 1 heterocycles. The van der Waals surface area contributed by atoms with Crippen LogP contribution in [0.1, 0.15) is 39.2 Å². The van der Waals surface area contributed by atoms with Crippen molar-refractivity contribution in [1.29, 1.82) is 0 Å². The van der Waals surface area contributed by atoms with Gasteiger partial charge in [0.25, 0.3) is 0 Å². The van der Waals surface area contributed by atoms with Gasteiger partial charge >= 0.3 is 0 Å². The van der Waals surface area contributed by atoms with Crippen molar-refractivity contribution >= 4 is 21.6 Å². The summed E-state index contributed by atoms with van der Waals surface area (Å²) in [5.74, 6) is -0.0144. The fourth-order valence-corrected chi connectivity index (χ4v) is 4.33. The van der Waals surface area contributed by atoms with Crippen molar-refractivity contribution in [3.8, 4) is 0 Å². The summed E-state index contributed by atoms with van der Waals surface area (Å²) in [6.45, 7) is 9.47. The molecule has 0 atom stereocenters. The second-order valence-corrected chi connectivity index (χ2v) is 8.22. The lowest BCUT2D eigenvalue weighted by atomic mass is 10.2. The number of nitrogens with zero attached hydrogens (tertiary/aromatic N) is 2. The van der Waals surface area contributed by atoms with E-state index in [-0.39, 0.29) is 10.8 Å². The Labute approximate surface area is 151 Å². The van der Waals surface area contributed by atoms with E-state index < -0.39 is 10.0 Å². The van der Waals surface area contributed by atoms with Crippen LogP contribution in [0.2, 0.25) is 0 Å². The molecular formula is C18H29N3O3S. The molecule has 7 heteroatoms. The van der Waals surface area contributed by atoms with Crippen molar-refractivity contribution in [2.75, 3.05) is 37.6 Å². The van der Waals surface area contributed by atoms with Gasteiger partial charge < -0.3 is 9.80 Å². The minimum absolute atomic E-state index is 0.0144. The van der Waals surface area contributed by atoms with Gasteiger partial charge in [-0.2, -0.15) is 0 Å². The van der Waals surface area contributed by atoms with Crippen molar-refractivity contribution in [2.24, 2.45) is 0 Å². The first kappa shape index (κ1) is 19.9. The van der Waals surface area contributed by atoms with E-state index in [9.17, 15) is 13.2 Å². The molecule has 0 aliphatic carbocycles. The molecule has 1 aliphatic rings. The quantitative estimate of drug-likeness (QED) is 0.725. The topological polar surface area (TPSA) is 69.7 Å². The first-order chi connectivity index (χ1) is 11.9. The fourth-order valence-electron chi connectivity index (χ4n) is 3.26. The summed E-state index contributed by atoms with van der Waals surface area (Å²) in [5, 5.41) is 0. The molecule has 0 radical (unpaired) electrons. The number of anilines is 1. The van der Waals surface area contributed by atoms with Crippen molar-refractivity contribution in [3.63, 3.8) is 0 Å². The number of rotatable bonds is 9. The Hall–Kier alpha value is -1.44. The van der Waals surface area contributed by atoms with E-state index in [0.717, 1.165) is 37.2 Å². The molecule has 0 spiro atoms. The van der Waals surface area contributed by atoms with Gasteiger partial charge in [0.15, 0.2) is 0 Å². The summed E-state index contributed by atoms with van der Waals surface area (Å²) in [6.07, 6.45) is 2.81. The molecule has 0 aromatic heterocycles. The number of carbonyl (C=O) groups is 1. The van der Waals surface area contributed by atoms with Crippen LogP contribution >= 0.6 is 0 Å². The Balaban J connectivity index is 2.02. The van der Waals surface area contributed by atoms with E-state index in [1.54, 1.807) is 23.1 Å². The molecule has 1 aromatic carbocycles. The SMILES string of the molecule is CCCN(CCC)CCNS(=O)(=O)c1ccc2c(c1)CCN2C(C)=O. The van der Waals surface area contributed by atoms with Crippen LogP contribution in [-0.4, -0.2) is 51.9 Å². The normalized spacial score (nSPS) is 14.2. The van der Waals surface area contributed by atoms with Crippen LogP contribution in [-0.2, 0) is 21.2 Å². The molecule has 0 fully saturated rings. The van der Waals surface area contributed by atoms with Crippen LogP contribution in [0.5, 0.6) is 0 Å². The van der Waals surface area contributed by atoms with Gasteiger partial charge in [0, 0.05) is 32.2 Å². The molecule has 1 aromatic rings. The summed E-state index contributed by atoms with van der Waals surface area (Å²) in [4.78, 5) is 15.8. The maximum Gasteiger partial charge on any atom is 0.240 e. The molecule has 0 bridgehead atoms. The second-order valence-electron chi connectivity index (χ2n) is 6.45. The molecule has 1 aliphatic heterocycles. The number of benzene rings is 1. The van der Waals surface area contributed by atoms with Gasteiger partial charge in [0.05, 0.1) is 4.90 Å². The van der Waals surface area contributed by atoms with E-state index in [2.05, 4.69) is 23.5 Å². The molecule has 2 rings (SSSR count). The maximum atomic E-state index is 12.5. The van der Waals surface area contributed by atoms with Gasteiger partial charge in [-0.05, 0) is 56.1 Å². The third kappa shape index (κ3) is 5.03. The fraction of sp³-hybridized carbons (Fsp3) is 0.611. The summed E-state index contributed by atoms with van der Waals surface area (Å²) >= 11 is 0. The number of hydrogen-bond acceptors (Lipinski definition) is 4. The highest BCUT2D eigenvalue weighted by Gasteiger charge is 2.24. The predicted octanol–water partition coefficient (Wildman–Crippen LogP) is 2.00. The van der Waals surface area contributed by atoms with E-state index in [1.165, 1.54) is 6.92 Å². The molecule has 0 unspecified atom stereocenters. The molecule has 6 nitrogen and oxygen atoms in total. The van der Waals surface area contributed by atoms with Crippen molar-refractivity contribution in [2.45, 2.75) is 44.9 Å². The highest BCUT2D eigenvalue weighted by atomic mass is 32.2. The third-order valence-electron chi connectivity index (χ3n) is 4.44. The number of sulfonamides is 1. The molecule has 1 N–H and O–H groups in total. The zero-order chi connectivity index (χ0) is 18.4. The standard InChI is InChI=1S/C18H29N3O3S/c1-4-10-20(11-5-2)13-9-19-25(23,24)17-6-7-18-16(14-17)8-12-21(18)15(3)22/h6-7,14,19H,4-5,8-13H2,1-3H3. The zero-order valence-electron chi connectivity index (χ0n) is 15.4. The minimum Gasteiger partial charge on any atom is -0.312 e. The molecule has 0 saturated carbocycles. The lowest BCUT2D eigenvalue weighted by Crippen LogP contribution is -2.35. The van der Waals surface area contributed by atoms with Gasteiger partial charge in [0.1, 0.15) is 0 Å². The van der Waals surface area contributed by atoms with Gasteiger partial charge in [-0.25, -0.2) is 13.1 Å². The Bertz CT molecular complexity index is 698. The third-order valence-corrected chi connectivity index (χ3v) is 5.90. The second kappa shape index (κ2) is 8.78. The first-order valence-electron chi connectivity index (χ1n) is 9.02. The van der Waals surface area contributed by atoms with Gasteiger partial charge in [0.2, 0.25) is 15.9 Å². The maximum absolute atomic E-state index is 12.5. The lowest BCUT2D eigenvalue weighted by Gasteiger charge is -2.21. The highest BCUT2D eigenvalue weighted by Crippen LogP contribution is 2.30. The van der Waals surface area contributed by atoms with E-state index in [0.29, 0.717) is 26.1 Å². The Morgan fingerprint density at radius 1 is 1.20 bits per heavy atom.